The standard InChI is InChI=1S/C28H22ClFN4O3/c1-16-2-9-21(10-3-16)34-27(36)24(26(35)33-28(34)37)25(17-4-6-19(29)7-5-17)31-13-12-18-15-32-23-11-8-20(30)14-22(18)23/h2-11,14-15,32,36H,12-13H2,1H3,(H,33,35,37). The van der Waals surface area contributed by atoms with Crippen molar-refractivity contribution in [2.75, 3.05) is 6.54 Å². The molecule has 0 bridgehead atoms. The smallest absolute Gasteiger partial charge is 0.335 e. The molecule has 3 N–H and O–H groups in total. The van der Waals surface area contributed by atoms with Crippen molar-refractivity contribution >= 4 is 28.2 Å². The number of aromatic nitrogens is 3. The molecule has 0 spiro atoms. The van der Waals surface area contributed by atoms with Crippen molar-refractivity contribution in [3.05, 3.63) is 127 Å². The third kappa shape index (κ3) is 4.83. The van der Waals surface area contributed by atoms with E-state index in [-0.39, 0.29) is 23.6 Å². The quantitative estimate of drug-likeness (QED) is 0.280. The van der Waals surface area contributed by atoms with Crippen LogP contribution < -0.4 is 11.2 Å². The van der Waals surface area contributed by atoms with Crippen molar-refractivity contribution in [2.24, 2.45) is 4.99 Å². The minimum atomic E-state index is -0.772. The zero-order valence-electron chi connectivity index (χ0n) is 19.8. The van der Waals surface area contributed by atoms with Crippen molar-refractivity contribution in [3.8, 4) is 11.6 Å². The van der Waals surface area contributed by atoms with Crippen molar-refractivity contribution in [2.45, 2.75) is 13.3 Å². The van der Waals surface area contributed by atoms with Gasteiger partial charge in [-0.15, -0.1) is 0 Å². The van der Waals surface area contributed by atoms with E-state index in [0.717, 1.165) is 26.6 Å². The second-order valence-corrected chi connectivity index (χ2v) is 9.06. The Morgan fingerprint density at radius 1 is 1.05 bits per heavy atom. The molecule has 0 fully saturated rings. The van der Waals surface area contributed by atoms with Crippen LogP contribution in [-0.4, -0.2) is 31.9 Å². The number of aromatic hydroxyl groups is 1. The number of hydrogen-bond acceptors (Lipinski definition) is 4. The molecule has 37 heavy (non-hydrogen) atoms. The SMILES string of the molecule is Cc1ccc(-n2c(O)c(C(=NCCc3c[nH]c4ccc(F)cc34)c3ccc(Cl)cc3)c(=O)[nH]c2=O)cc1. The lowest BCUT2D eigenvalue weighted by molar-refractivity contribution is 0.430. The summed E-state index contributed by atoms with van der Waals surface area (Å²) in [7, 11) is 0. The van der Waals surface area contributed by atoms with E-state index in [0.29, 0.717) is 22.7 Å². The highest BCUT2D eigenvalue weighted by Gasteiger charge is 2.22. The van der Waals surface area contributed by atoms with Crippen molar-refractivity contribution in [1.82, 2.24) is 14.5 Å². The van der Waals surface area contributed by atoms with Crippen LogP contribution in [0.5, 0.6) is 5.88 Å². The van der Waals surface area contributed by atoms with Crippen molar-refractivity contribution in [1.29, 1.82) is 0 Å². The first-order valence-electron chi connectivity index (χ1n) is 11.5. The fourth-order valence-corrected chi connectivity index (χ4v) is 4.37. The van der Waals surface area contributed by atoms with Crippen LogP contribution in [0.2, 0.25) is 5.02 Å². The van der Waals surface area contributed by atoms with Crippen LogP contribution in [0, 0.1) is 12.7 Å². The molecule has 2 aromatic heterocycles. The number of H-pyrrole nitrogens is 2. The van der Waals surface area contributed by atoms with Crippen molar-refractivity contribution in [3.63, 3.8) is 0 Å². The molecule has 0 unspecified atom stereocenters. The molecule has 5 aromatic rings. The van der Waals surface area contributed by atoms with Crippen LogP contribution in [-0.2, 0) is 6.42 Å². The highest BCUT2D eigenvalue weighted by molar-refractivity contribution is 6.30. The molecule has 0 aliphatic heterocycles. The molecule has 0 aliphatic carbocycles. The fraction of sp³-hybridized carbons (Fsp3) is 0.107. The summed E-state index contributed by atoms with van der Waals surface area (Å²) in [4.78, 5) is 35.8. The largest absolute Gasteiger partial charge is 0.493 e. The predicted molar refractivity (Wildman–Crippen MR) is 143 cm³/mol. The summed E-state index contributed by atoms with van der Waals surface area (Å²) in [5.41, 5.74) is 2.07. The molecule has 3 aromatic carbocycles. The van der Waals surface area contributed by atoms with Gasteiger partial charge in [-0.25, -0.2) is 13.8 Å². The molecule has 186 valence electrons. The summed E-state index contributed by atoms with van der Waals surface area (Å²) < 4.78 is 14.8. The van der Waals surface area contributed by atoms with Crippen LogP contribution in [0.4, 0.5) is 4.39 Å². The van der Waals surface area contributed by atoms with E-state index in [1.807, 2.05) is 6.92 Å². The van der Waals surface area contributed by atoms with Gasteiger partial charge in [0.15, 0.2) is 0 Å². The number of nitrogens with one attached hydrogen (secondary N) is 2. The predicted octanol–water partition coefficient (Wildman–Crippen LogP) is 4.89. The Hall–Kier alpha value is -4.43. The Morgan fingerprint density at radius 3 is 2.51 bits per heavy atom. The third-order valence-electron chi connectivity index (χ3n) is 6.11. The summed E-state index contributed by atoms with van der Waals surface area (Å²) in [5.74, 6) is -0.867. The third-order valence-corrected chi connectivity index (χ3v) is 6.37. The monoisotopic (exact) mass is 516 g/mol. The van der Waals surface area contributed by atoms with Gasteiger partial charge in [-0.05, 0) is 61.4 Å². The number of nitrogens with zero attached hydrogens (tertiary/aromatic N) is 2. The summed E-state index contributed by atoms with van der Waals surface area (Å²) in [6.07, 6.45) is 2.24. The average Bonchev–Trinajstić information content (AvgIpc) is 3.26. The minimum Gasteiger partial charge on any atom is -0.493 e. The Kier molecular flexibility index (Phi) is 6.50. The van der Waals surface area contributed by atoms with Gasteiger partial charge in [0, 0.05) is 34.2 Å². The first kappa shape index (κ1) is 24.3. The number of aromatic amines is 2. The maximum absolute atomic E-state index is 13.8. The van der Waals surface area contributed by atoms with Gasteiger partial charge >= 0.3 is 5.69 Å². The highest BCUT2D eigenvalue weighted by Crippen LogP contribution is 2.23. The lowest BCUT2D eigenvalue weighted by Gasteiger charge is -2.14. The van der Waals surface area contributed by atoms with Gasteiger partial charge in [-0.1, -0.05) is 41.4 Å². The van der Waals surface area contributed by atoms with Crippen LogP contribution in [0.1, 0.15) is 22.3 Å². The average molecular weight is 517 g/mol. The highest BCUT2D eigenvalue weighted by atomic mass is 35.5. The number of hydrogen-bond donors (Lipinski definition) is 3. The zero-order valence-corrected chi connectivity index (χ0v) is 20.5. The normalized spacial score (nSPS) is 11.8. The first-order chi connectivity index (χ1) is 17.8. The maximum atomic E-state index is 13.8. The van der Waals surface area contributed by atoms with Crippen LogP contribution in [0.3, 0.4) is 0 Å². The summed E-state index contributed by atoms with van der Waals surface area (Å²) in [5, 5.41) is 12.4. The number of fused-ring (bicyclic) bond motifs is 1. The van der Waals surface area contributed by atoms with Crippen LogP contribution in [0.15, 0.2) is 87.5 Å². The van der Waals surface area contributed by atoms with Crippen molar-refractivity contribution < 1.29 is 9.50 Å². The molecule has 0 amide bonds. The fourth-order valence-electron chi connectivity index (χ4n) is 4.24. The zero-order chi connectivity index (χ0) is 26.1. The lowest BCUT2D eigenvalue weighted by atomic mass is 10.0. The first-order valence-corrected chi connectivity index (χ1v) is 11.9. The number of rotatable bonds is 6. The molecule has 0 aliphatic rings. The van der Waals surface area contributed by atoms with Gasteiger partial charge in [0.1, 0.15) is 11.4 Å². The van der Waals surface area contributed by atoms with Gasteiger partial charge in [-0.3, -0.25) is 14.8 Å². The van der Waals surface area contributed by atoms with Gasteiger partial charge in [-0.2, -0.15) is 0 Å². The van der Waals surface area contributed by atoms with Crippen LogP contribution in [0.25, 0.3) is 16.6 Å². The van der Waals surface area contributed by atoms with E-state index in [1.165, 1.54) is 12.1 Å². The molecule has 9 heteroatoms. The van der Waals surface area contributed by atoms with Gasteiger partial charge in [0.2, 0.25) is 5.88 Å². The van der Waals surface area contributed by atoms with E-state index in [1.54, 1.807) is 60.8 Å². The Bertz CT molecular complexity index is 1750. The Balaban J connectivity index is 1.61. The van der Waals surface area contributed by atoms with Gasteiger partial charge in [0.25, 0.3) is 5.56 Å². The van der Waals surface area contributed by atoms with Gasteiger partial charge < -0.3 is 10.1 Å². The summed E-state index contributed by atoms with van der Waals surface area (Å²) in [6.45, 7) is 2.13. The molecule has 7 nitrogen and oxygen atoms in total. The lowest BCUT2D eigenvalue weighted by Crippen LogP contribution is -2.33. The Morgan fingerprint density at radius 2 is 1.78 bits per heavy atom. The number of aliphatic imine (C=N–C) groups is 1. The molecular formula is C28H22ClFN4O3. The summed E-state index contributed by atoms with van der Waals surface area (Å²) >= 11 is 6.07. The maximum Gasteiger partial charge on any atom is 0.335 e. The van der Waals surface area contributed by atoms with E-state index < -0.39 is 17.1 Å². The molecule has 0 saturated heterocycles. The molecule has 0 atom stereocenters. The molecule has 5 rings (SSSR count). The van der Waals surface area contributed by atoms with E-state index in [9.17, 15) is 19.1 Å². The van der Waals surface area contributed by atoms with E-state index in [4.69, 9.17) is 11.6 Å². The van der Waals surface area contributed by atoms with Gasteiger partial charge in [0.05, 0.1) is 11.4 Å². The number of halogens is 2. The van der Waals surface area contributed by atoms with E-state index in [2.05, 4.69) is 15.0 Å². The van der Waals surface area contributed by atoms with E-state index >= 15 is 0 Å². The minimum absolute atomic E-state index is 0.146. The Labute approximate surface area is 215 Å². The number of benzene rings is 3. The topological polar surface area (TPSA) is 103 Å². The second-order valence-electron chi connectivity index (χ2n) is 8.62. The molecule has 2 heterocycles. The summed E-state index contributed by atoms with van der Waals surface area (Å²) in [6, 6.07) is 18.1. The molecular weight excluding hydrogens is 495 g/mol. The molecule has 0 radical (unpaired) electrons. The number of aryl methyl sites for hydroxylation is 1. The van der Waals surface area contributed by atoms with Crippen LogP contribution >= 0.6 is 11.6 Å². The molecule has 0 saturated carbocycles. The second kappa shape index (κ2) is 9.91.